The molecule has 1 aromatic carbocycles. The maximum atomic E-state index is 6.15. The Morgan fingerprint density at radius 1 is 1.44 bits per heavy atom. The Balaban J connectivity index is 2.06. The van der Waals surface area contributed by atoms with E-state index in [0.29, 0.717) is 5.92 Å². The SMILES string of the molecule is Clc1cccc(-n2cncc2C2CCNC2)c1Br. The summed E-state index contributed by atoms with van der Waals surface area (Å²) in [6.07, 6.45) is 4.96. The summed E-state index contributed by atoms with van der Waals surface area (Å²) in [6, 6.07) is 5.88. The van der Waals surface area contributed by atoms with Gasteiger partial charge in [-0.1, -0.05) is 17.7 Å². The van der Waals surface area contributed by atoms with Gasteiger partial charge in [-0.05, 0) is 41.0 Å². The molecule has 1 N–H and O–H groups in total. The second kappa shape index (κ2) is 5.03. The molecule has 94 valence electrons. The first-order chi connectivity index (χ1) is 8.77. The Bertz CT molecular complexity index is 561. The number of imidazole rings is 1. The van der Waals surface area contributed by atoms with E-state index in [2.05, 4.69) is 30.8 Å². The number of rotatable bonds is 2. The van der Waals surface area contributed by atoms with Crippen molar-refractivity contribution in [3.05, 3.63) is 45.9 Å². The fourth-order valence-electron chi connectivity index (χ4n) is 2.39. The standard InChI is InChI=1S/C13H13BrClN3/c14-13-10(15)2-1-3-11(13)18-8-17-7-12(18)9-4-5-16-6-9/h1-3,7-9,16H,4-6H2. The third-order valence-electron chi connectivity index (χ3n) is 3.34. The summed E-state index contributed by atoms with van der Waals surface area (Å²) in [5, 5.41) is 4.11. The van der Waals surface area contributed by atoms with Crippen molar-refractivity contribution in [1.82, 2.24) is 14.9 Å². The zero-order chi connectivity index (χ0) is 12.5. The van der Waals surface area contributed by atoms with Crippen molar-refractivity contribution in [1.29, 1.82) is 0 Å². The number of halogens is 2. The highest BCUT2D eigenvalue weighted by molar-refractivity contribution is 9.10. The van der Waals surface area contributed by atoms with Crippen molar-refractivity contribution >= 4 is 27.5 Å². The average Bonchev–Trinajstić information content (AvgIpc) is 3.01. The highest BCUT2D eigenvalue weighted by atomic mass is 79.9. The van der Waals surface area contributed by atoms with Gasteiger partial charge in [0.25, 0.3) is 0 Å². The molecule has 0 amide bonds. The van der Waals surface area contributed by atoms with Gasteiger partial charge in [-0.2, -0.15) is 0 Å². The summed E-state index contributed by atoms with van der Waals surface area (Å²) in [6.45, 7) is 2.09. The molecule has 1 unspecified atom stereocenters. The third kappa shape index (κ3) is 2.09. The van der Waals surface area contributed by atoms with Crippen LogP contribution < -0.4 is 5.32 Å². The minimum atomic E-state index is 0.526. The molecule has 0 radical (unpaired) electrons. The molecule has 0 spiro atoms. The van der Waals surface area contributed by atoms with Crippen LogP contribution in [0, 0.1) is 0 Å². The monoisotopic (exact) mass is 325 g/mol. The van der Waals surface area contributed by atoms with Crippen molar-refractivity contribution < 1.29 is 0 Å². The highest BCUT2D eigenvalue weighted by Crippen LogP contribution is 2.32. The third-order valence-corrected chi connectivity index (χ3v) is 4.71. The number of benzene rings is 1. The van der Waals surface area contributed by atoms with Crippen LogP contribution in [-0.4, -0.2) is 22.6 Å². The lowest BCUT2D eigenvalue weighted by Crippen LogP contribution is -2.11. The zero-order valence-electron chi connectivity index (χ0n) is 9.74. The Morgan fingerprint density at radius 2 is 2.33 bits per heavy atom. The van der Waals surface area contributed by atoms with Crippen LogP contribution in [0.5, 0.6) is 0 Å². The Labute approximate surface area is 119 Å². The van der Waals surface area contributed by atoms with Gasteiger partial charge in [0.05, 0.1) is 21.5 Å². The van der Waals surface area contributed by atoms with Crippen LogP contribution in [0.3, 0.4) is 0 Å². The predicted octanol–water partition coefficient (Wildman–Crippen LogP) is 3.37. The largest absolute Gasteiger partial charge is 0.316 e. The molecule has 0 aliphatic carbocycles. The van der Waals surface area contributed by atoms with Crippen LogP contribution in [-0.2, 0) is 0 Å². The quantitative estimate of drug-likeness (QED) is 0.917. The smallest absolute Gasteiger partial charge is 0.0994 e. The van der Waals surface area contributed by atoms with E-state index in [-0.39, 0.29) is 0 Å². The molecule has 3 rings (SSSR count). The van der Waals surface area contributed by atoms with Crippen molar-refractivity contribution in [2.24, 2.45) is 0 Å². The second-order valence-electron chi connectivity index (χ2n) is 4.45. The first-order valence-electron chi connectivity index (χ1n) is 5.94. The molecule has 0 bridgehead atoms. The molecule has 1 fully saturated rings. The van der Waals surface area contributed by atoms with E-state index in [1.54, 1.807) is 0 Å². The highest BCUT2D eigenvalue weighted by Gasteiger charge is 2.21. The van der Waals surface area contributed by atoms with Gasteiger partial charge in [-0.15, -0.1) is 0 Å². The van der Waals surface area contributed by atoms with Crippen molar-refractivity contribution in [2.75, 3.05) is 13.1 Å². The van der Waals surface area contributed by atoms with Crippen LogP contribution in [0.2, 0.25) is 5.02 Å². The summed E-state index contributed by atoms with van der Waals surface area (Å²) in [5.74, 6) is 0.526. The topological polar surface area (TPSA) is 29.9 Å². The summed E-state index contributed by atoms with van der Waals surface area (Å²) >= 11 is 9.70. The zero-order valence-corrected chi connectivity index (χ0v) is 12.1. The minimum Gasteiger partial charge on any atom is -0.316 e. The van der Waals surface area contributed by atoms with Crippen LogP contribution in [0.25, 0.3) is 5.69 Å². The molecule has 3 nitrogen and oxygen atoms in total. The normalized spacial score (nSPS) is 19.3. The lowest BCUT2D eigenvalue weighted by atomic mass is 10.1. The molecule has 2 heterocycles. The molecule has 5 heteroatoms. The van der Waals surface area contributed by atoms with Gasteiger partial charge >= 0.3 is 0 Å². The number of hydrogen-bond donors (Lipinski definition) is 1. The second-order valence-corrected chi connectivity index (χ2v) is 5.65. The number of nitrogens with one attached hydrogen (secondary N) is 1. The Hall–Kier alpha value is -0.840. The van der Waals surface area contributed by atoms with Gasteiger partial charge in [0.1, 0.15) is 0 Å². The van der Waals surface area contributed by atoms with Gasteiger partial charge in [0, 0.05) is 24.4 Å². The summed E-state index contributed by atoms with van der Waals surface area (Å²) in [7, 11) is 0. The molecule has 2 aromatic rings. The maximum absolute atomic E-state index is 6.15. The van der Waals surface area contributed by atoms with Crippen LogP contribution in [0.4, 0.5) is 0 Å². The number of hydrogen-bond acceptors (Lipinski definition) is 2. The Morgan fingerprint density at radius 3 is 3.11 bits per heavy atom. The molecule has 0 saturated carbocycles. The summed E-state index contributed by atoms with van der Waals surface area (Å²) < 4.78 is 3.03. The van der Waals surface area contributed by atoms with Gasteiger partial charge in [-0.3, -0.25) is 0 Å². The summed E-state index contributed by atoms with van der Waals surface area (Å²) in [4.78, 5) is 4.29. The van der Waals surface area contributed by atoms with Crippen molar-refractivity contribution in [3.8, 4) is 5.69 Å². The van der Waals surface area contributed by atoms with E-state index < -0.39 is 0 Å². The maximum Gasteiger partial charge on any atom is 0.0994 e. The molecule has 1 atom stereocenters. The van der Waals surface area contributed by atoms with E-state index in [1.165, 1.54) is 5.69 Å². The molecular formula is C13H13BrClN3. The van der Waals surface area contributed by atoms with Gasteiger partial charge < -0.3 is 9.88 Å². The van der Waals surface area contributed by atoms with Crippen LogP contribution in [0.1, 0.15) is 18.0 Å². The predicted molar refractivity (Wildman–Crippen MR) is 76.5 cm³/mol. The lowest BCUT2D eigenvalue weighted by Gasteiger charge is -2.14. The van der Waals surface area contributed by atoms with Crippen molar-refractivity contribution in [3.63, 3.8) is 0 Å². The summed E-state index contributed by atoms with van der Waals surface area (Å²) in [5.41, 5.74) is 2.28. The molecule has 1 aliphatic rings. The number of aromatic nitrogens is 2. The van der Waals surface area contributed by atoms with E-state index in [4.69, 9.17) is 11.6 Å². The molecular weight excluding hydrogens is 314 g/mol. The van der Waals surface area contributed by atoms with E-state index in [9.17, 15) is 0 Å². The van der Waals surface area contributed by atoms with Gasteiger partial charge in [0.2, 0.25) is 0 Å². The minimum absolute atomic E-state index is 0.526. The van der Waals surface area contributed by atoms with Crippen LogP contribution in [0.15, 0.2) is 35.2 Å². The fourth-order valence-corrected chi connectivity index (χ4v) is 3.02. The average molecular weight is 327 g/mol. The Kier molecular flexibility index (Phi) is 3.41. The molecule has 1 aliphatic heterocycles. The van der Waals surface area contributed by atoms with E-state index in [1.807, 2.05) is 30.7 Å². The number of nitrogens with zero attached hydrogens (tertiary/aromatic N) is 2. The van der Waals surface area contributed by atoms with Gasteiger partial charge in [-0.25, -0.2) is 4.98 Å². The van der Waals surface area contributed by atoms with Crippen LogP contribution >= 0.6 is 27.5 Å². The van der Waals surface area contributed by atoms with Gasteiger partial charge in [0.15, 0.2) is 0 Å². The lowest BCUT2D eigenvalue weighted by molar-refractivity contribution is 0.713. The van der Waals surface area contributed by atoms with E-state index in [0.717, 1.165) is 34.7 Å². The molecule has 18 heavy (non-hydrogen) atoms. The van der Waals surface area contributed by atoms with E-state index >= 15 is 0 Å². The van der Waals surface area contributed by atoms with Crippen molar-refractivity contribution in [2.45, 2.75) is 12.3 Å². The first-order valence-corrected chi connectivity index (χ1v) is 7.12. The molecule has 1 saturated heterocycles. The fraction of sp³-hybridized carbons (Fsp3) is 0.308. The first kappa shape index (κ1) is 12.2. The molecule has 1 aromatic heterocycles.